The first-order valence-electron chi connectivity index (χ1n) is 9.80. The van der Waals surface area contributed by atoms with Gasteiger partial charge < -0.3 is 0 Å². The highest BCUT2D eigenvalue weighted by atomic mass is 16.2. The molecular weight excluding hydrogens is 392 g/mol. The van der Waals surface area contributed by atoms with Crippen LogP contribution in [0.25, 0.3) is 10.8 Å². The van der Waals surface area contributed by atoms with E-state index >= 15 is 0 Å². The number of nitrogens with zero attached hydrogens (tertiary/aromatic N) is 1. The van der Waals surface area contributed by atoms with Crippen LogP contribution in [-0.2, 0) is 4.79 Å². The summed E-state index contributed by atoms with van der Waals surface area (Å²) in [6, 6.07) is 26.1. The summed E-state index contributed by atoms with van der Waals surface area (Å²) in [6.07, 6.45) is 0.147. The molecule has 4 rings (SSSR count). The minimum absolute atomic E-state index is 0.0261. The first-order valence-corrected chi connectivity index (χ1v) is 9.80. The number of H-pyrrole nitrogens is 1. The number of nitrogens with one attached hydrogen (secondary N) is 3. The highest BCUT2D eigenvalue weighted by Gasteiger charge is 2.19. The molecule has 0 spiro atoms. The second-order valence-corrected chi connectivity index (χ2v) is 7.03. The van der Waals surface area contributed by atoms with Crippen molar-refractivity contribution in [3.63, 3.8) is 0 Å². The van der Waals surface area contributed by atoms with Crippen LogP contribution in [-0.4, -0.2) is 22.0 Å². The number of carbonyl (C=O) groups is 2. The van der Waals surface area contributed by atoms with Gasteiger partial charge in [-0.05, 0) is 17.2 Å². The summed E-state index contributed by atoms with van der Waals surface area (Å²) < 4.78 is 0. The van der Waals surface area contributed by atoms with Gasteiger partial charge in [-0.15, -0.1) is 0 Å². The Bertz CT molecular complexity index is 1230. The van der Waals surface area contributed by atoms with Crippen molar-refractivity contribution in [1.29, 1.82) is 0 Å². The van der Waals surface area contributed by atoms with Crippen LogP contribution in [0.4, 0.5) is 0 Å². The lowest BCUT2D eigenvalue weighted by Crippen LogP contribution is -2.42. The van der Waals surface area contributed by atoms with Crippen molar-refractivity contribution < 1.29 is 9.59 Å². The summed E-state index contributed by atoms with van der Waals surface area (Å²) in [5.74, 6) is -1.12. The molecule has 0 aliphatic rings. The average molecular weight is 412 g/mol. The lowest BCUT2D eigenvalue weighted by molar-refractivity contribution is -0.122. The van der Waals surface area contributed by atoms with Gasteiger partial charge in [-0.3, -0.25) is 25.2 Å². The fourth-order valence-corrected chi connectivity index (χ4v) is 3.51. The molecular formula is C24H20N4O3. The summed E-state index contributed by atoms with van der Waals surface area (Å²) in [4.78, 5) is 37.1. The number of rotatable bonds is 5. The number of aromatic nitrogens is 2. The highest BCUT2D eigenvalue weighted by Crippen LogP contribution is 2.27. The zero-order chi connectivity index (χ0) is 21.6. The Morgan fingerprint density at radius 2 is 1.32 bits per heavy atom. The number of hydrogen-bond donors (Lipinski definition) is 3. The van der Waals surface area contributed by atoms with Gasteiger partial charge in [0.15, 0.2) is 5.69 Å². The van der Waals surface area contributed by atoms with E-state index in [1.165, 1.54) is 0 Å². The molecule has 0 aliphatic heterocycles. The van der Waals surface area contributed by atoms with E-state index in [2.05, 4.69) is 21.0 Å². The van der Waals surface area contributed by atoms with Gasteiger partial charge in [0.2, 0.25) is 5.91 Å². The third-order valence-electron chi connectivity index (χ3n) is 5.02. The molecule has 2 amide bonds. The van der Waals surface area contributed by atoms with Crippen LogP contribution in [0.5, 0.6) is 0 Å². The van der Waals surface area contributed by atoms with E-state index in [9.17, 15) is 14.4 Å². The van der Waals surface area contributed by atoms with Crippen molar-refractivity contribution in [2.45, 2.75) is 12.3 Å². The molecule has 0 fully saturated rings. The molecule has 4 aromatic rings. The van der Waals surface area contributed by atoms with E-state index in [0.29, 0.717) is 10.8 Å². The Hall–Kier alpha value is -4.26. The molecule has 0 aliphatic carbocycles. The van der Waals surface area contributed by atoms with Crippen LogP contribution in [0, 0.1) is 0 Å². The average Bonchev–Trinajstić information content (AvgIpc) is 2.82. The fourth-order valence-electron chi connectivity index (χ4n) is 3.51. The van der Waals surface area contributed by atoms with Crippen molar-refractivity contribution >= 4 is 22.6 Å². The molecule has 0 radical (unpaired) electrons. The Balaban J connectivity index is 1.49. The van der Waals surface area contributed by atoms with E-state index in [1.54, 1.807) is 24.3 Å². The minimum Gasteiger partial charge on any atom is -0.273 e. The topological polar surface area (TPSA) is 104 Å². The summed E-state index contributed by atoms with van der Waals surface area (Å²) in [7, 11) is 0. The number of carbonyl (C=O) groups excluding carboxylic acids is 2. The number of hydrazine groups is 1. The first kappa shape index (κ1) is 20.0. The van der Waals surface area contributed by atoms with Crippen molar-refractivity contribution in [3.8, 4) is 0 Å². The normalized spacial score (nSPS) is 10.7. The fraction of sp³-hybridized carbons (Fsp3) is 0.0833. The standard InChI is InChI=1S/C24H20N4O3/c29-21(15-20(16-9-3-1-4-10-16)17-11-5-2-6-12-17)25-28-24(31)22-18-13-7-8-14-19(18)23(30)27-26-22/h1-14,20H,15H2,(H,25,29)(H,27,30)(H,28,31). The molecule has 1 aromatic heterocycles. The van der Waals surface area contributed by atoms with Gasteiger partial charge in [0.1, 0.15) is 0 Å². The first-order chi connectivity index (χ1) is 15.1. The second-order valence-electron chi connectivity index (χ2n) is 7.03. The van der Waals surface area contributed by atoms with Gasteiger partial charge in [0, 0.05) is 17.7 Å². The van der Waals surface area contributed by atoms with Crippen LogP contribution in [0.2, 0.25) is 0 Å². The van der Waals surface area contributed by atoms with E-state index in [1.807, 2.05) is 60.7 Å². The number of aromatic amines is 1. The van der Waals surface area contributed by atoms with Crippen molar-refractivity contribution in [1.82, 2.24) is 21.0 Å². The summed E-state index contributed by atoms with van der Waals surface area (Å²) >= 11 is 0. The summed E-state index contributed by atoms with van der Waals surface area (Å²) in [6.45, 7) is 0. The molecule has 7 nitrogen and oxygen atoms in total. The molecule has 0 unspecified atom stereocenters. The quantitative estimate of drug-likeness (QED) is 0.439. The largest absolute Gasteiger partial charge is 0.290 e. The predicted octanol–water partition coefficient (Wildman–Crippen LogP) is 2.91. The van der Waals surface area contributed by atoms with Crippen LogP contribution in [0.15, 0.2) is 89.7 Å². The number of amides is 2. The molecule has 0 atom stereocenters. The van der Waals surface area contributed by atoms with Gasteiger partial charge in [0.25, 0.3) is 11.5 Å². The van der Waals surface area contributed by atoms with Gasteiger partial charge in [-0.25, -0.2) is 5.10 Å². The van der Waals surface area contributed by atoms with Crippen LogP contribution in [0.1, 0.15) is 34.0 Å². The Kier molecular flexibility index (Phi) is 5.84. The number of hydrogen-bond acceptors (Lipinski definition) is 4. The van der Waals surface area contributed by atoms with Gasteiger partial charge in [0.05, 0.1) is 5.39 Å². The maximum atomic E-state index is 12.6. The van der Waals surface area contributed by atoms with Gasteiger partial charge >= 0.3 is 0 Å². The lowest BCUT2D eigenvalue weighted by Gasteiger charge is -2.18. The number of fused-ring (bicyclic) bond motifs is 1. The van der Waals surface area contributed by atoms with Crippen molar-refractivity contribution in [2.24, 2.45) is 0 Å². The monoisotopic (exact) mass is 412 g/mol. The van der Waals surface area contributed by atoms with Crippen LogP contribution >= 0.6 is 0 Å². The SMILES string of the molecule is O=C(CC(c1ccccc1)c1ccccc1)NNC(=O)c1n[nH]c(=O)c2ccccc12. The predicted molar refractivity (Wildman–Crippen MR) is 117 cm³/mol. The van der Waals surface area contributed by atoms with Crippen LogP contribution in [0.3, 0.4) is 0 Å². The third-order valence-corrected chi connectivity index (χ3v) is 5.02. The van der Waals surface area contributed by atoms with E-state index in [4.69, 9.17) is 0 Å². The van der Waals surface area contributed by atoms with Gasteiger partial charge in [-0.1, -0.05) is 78.9 Å². The third kappa shape index (κ3) is 4.51. The minimum atomic E-state index is -0.614. The zero-order valence-electron chi connectivity index (χ0n) is 16.5. The molecule has 0 bridgehead atoms. The van der Waals surface area contributed by atoms with Gasteiger partial charge in [-0.2, -0.15) is 5.10 Å². The molecule has 7 heteroatoms. The Morgan fingerprint density at radius 3 is 1.94 bits per heavy atom. The Morgan fingerprint density at radius 1 is 0.774 bits per heavy atom. The molecule has 0 saturated carbocycles. The number of benzene rings is 3. The molecule has 3 aromatic carbocycles. The van der Waals surface area contributed by atoms with Crippen LogP contribution < -0.4 is 16.4 Å². The second kappa shape index (κ2) is 9.04. The molecule has 31 heavy (non-hydrogen) atoms. The Labute approximate surface area is 178 Å². The summed E-state index contributed by atoms with van der Waals surface area (Å²) in [5, 5.41) is 6.90. The molecule has 154 valence electrons. The smallest absolute Gasteiger partial charge is 0.273 e. The highest BCUT2D eigenvalue weighted by molar-refractivity contribution is 6.05. The van der Waals surface area contributed by atoms with E-state index < -0.39 is 5.91 Å². The maximum absolute atomic E-state index is 12.6. The van der Waals surface area contributed by atoms with Crippen molar-refractivity contribution in [3.05, 3.63) is 112 Å². The summed E-state index contributed by atoms with van der Waals surface area (Å²) in [5.41, 5.74) is 6.50. The lowest BCUT2D eigenvalue weighted by atomic mass is 9.88. The molecule has 0 saturated heterocycles. The van der Waals surface area contributed by atoms with E-state index in [-0.39, 0.29) is 29.5 Å². The zero-order valence-corrected chi connectivity index (χ0v) is 16.5. The molecule has 1 heterocycles. The molecule has 3 N–H and O–H groups in total. The maximum Gasteiger partial charge on any atom is 0.290 e. The van der Waals surface area contributed by atoms with Crippen molar-refractivity contribution in [2.75, 3.05) is 0 Å². The van der Waals surface area contributed by atoms with E-state index in [0.717, 1.165) is 11.1 Å².